The van der Waals surface area contributed by atoms with Gasteiger partial charge in [-0.2, -0.15) is 0 Å². The van der Waals surface area contributed by atoms with Crippen molar-refractivity contribution in [2.45, 2.75) is 26.2 Å². The molecule has 0 spiro atoms. The number of carboxylic acids is 1. The Morgan fingerprint density at radius 3 is 2.53 bits per heavy atom. The Balaban J connectivity index is 2.23. The van der Waals surface area contributed by atoms with Crippen LogP contribution < -0.4 is 10.1 Å². The third-order valence-corrected chi connectivity index (χ3v) is 3.65. The highest BCUT2D eigenvalue weighted by atomic mass is 16.5. The molecule has 0 heterocycles. The van der Waals surface area contributed by atoms with E-state index in [1.165, 1.54) is 7.11 Å². The molecule has 0 radical (unpaired) electrons. The van der Waals surface area contributed by atoms with Gasteiger partial charge in [0.05, 0.1) is 12.8 Å². The molecule has 19 heavy (non-hydrogen) atoms. The van der Waals surface area contributed by atoms with Crippen LogP contribution in [0.1, 0.15) is 24.8 Å². The quantitative estimate of drug-likeness (QED) is 0.816. The van der Waals surface area contributed by atoms with Gasteiger partial charge in [0.2, 0.25) is 5.91 Å². The van der Waals surface area contributed by atoms with E-state index in [1.54, 1.807) is 12.1 Å². The molecule has 1 aromatic rings. The number of methoxy groups -OCH3 is 1. The molecule has 0 aromatic heterocycles. The predicted octanol–water partition coefficient (Wildman–Crippen LogP) is 2.20. The normalized spacial score (nSPS) is 16.3. The molecule has 102 valence electrons. The Bertz CT molecular complexity index is 520. The molecule has 0 unspecified atom stereocenters. The number of carboxylic acid groups (broad SMARTS) is 1. The average molecular weight is 263 g/mol. The molecule has 0 aliphatic heterocycles. The molecular formula is C14H17NO4. The van der Waals surface area contributed by atoms with Gasteiger partial charge in [-0.05, 0) is 37.5 Å². The highest BCUT2D eigenvalue weighted by Crippen LogP contribution is 2.42. The van der Waals surface area contributed by atoms with Crippen LogP contribution in [-0.4, -0.2) is 24.1 Å². The lowest BCUT2D eigenvalue weighted by molar-refractivity contribution is -0.159. The van der Waals surface area contributed by atoms with Gasteiger partial charge in [-0.25, -0.2) is 0 Å². The van der Waals surface area contributed by atoms with Crippen LogP contribution in [0.2, 0.25) is 0 Å². The number of nitrogens with one attached hydrogen (secondary N) is 1. The monoisotopic (exact) mass is 263 g/mol. The molecule has 1 aromatic carbocycles. The molecule has 1 aliphatic carbocycles. The van der Waals surface area contributed by atoms with Crippen molar-refractivity contribution in [3.05, 3.63) is 23.8 Å². The number of carbonyl (C=O) groups is 2. The minimum absolute atomic E-state index is 0.391. The number of rotatable bonds is 4. The van der Waals surface area contributed by atoms with E-state index in [0.29, 0.717) is 24.3 Å². The van der Waals surface area contributed by atoms with Gasteiger partial charge in [0, 0.05) is 0 Å². The number of hydrogen-bond donors (Lipinski definition) is 2. The van der Waals surface area contributed by atoms with Crippen LogP contribution in [0.4, 0.5) is 5.69 Å². The lowest BCUT2D eigenvalue weighted by Gasteiger charge is -2.35. The fraction of sp³-hybridized carbons (Fsp3) is 0.429. The molecule has 0 bridgehead atoms. The van der Waals surface area contributed by atoms with Gasteiger partial charge >= 0.3 is 5.97 Å². The summed E-state index contributed by atoms with van der Waals surface area (Å²) in [6.45, 7) is 1.89. The van der Waals surface area contributed by atoms with E-state index < -0.39 is 17.3 Å². The molecule has 5 heteroatoms. The summed E-state index contributed by atoms with van der Waals surface area (Å²) in [5.74, 6) is -0.989. The van der Waals surface area contributed by atoms with E-state index in [2.05, 4.69) is 5.32 Å². The number of amides is 1. The molecule has 5 nitrogen and oxygen atoms in total. The second-order valence-electron chi connectivity index (χ2n) is 4.90. The Hall–Kier alpha value is -2.04. The fourth-order valence-electron chi connectivity index (χ4n) is 2.23. The van der Waals surface area contributed by atoms with Crippen LogP contribution in [0.15, 0.2) is 18.2 Å². The van der Waals surface area contributed by atoms with Crippen LogP contribution in [0.3, 0.4) is 0 Å². The maximum atomic E-state index is 12.2. The van der Waals surface area contributed by atoms with Crippen molar-refractivity contribution >= 4 is 17.6 Å². The number of aryl methyl sites for hydroxylation is 1. The first-order valence-electron chi connectivity index (χ1n) is 6.19. The summed E-state index contributed by atoms with van der Waals surface area (Å²) in [7, 11) is 1.51. The molecule has 1 amide bonds. The van der Waals surface area contributed by atoms with Crippen molar-refractivity contribution < 1.29 is 19.4 Å². The molecule has 2 rings (SSSR count). The molecule has 1 saturated carbocycles. The Labute approximate surface area is 111 Å². The van der Waals surface area contributed by atoms with Gasteiger partial charge in [-0.1, -0.05) is 12.5 Å². The summed E-state index contributed by atoms with van der Waals surface area (Å²) >= 11 is 0. The SMILES string of the molecule is COc1ccc(C)cc1NC(=O)C1(C(=O)O)CCC1. The van der Waals surface area contributed by atoms with Crippen molar-refractivity contribution in [1.82, 2.24) is 0 Å². The Morgan fingerprint density at radius 2 is 2.05 bits per heavy atom. The maximum absolute atomic E-state index is 12.2. The Kier molecular flexibility index (Phi) is 3.46. The van der Waals surface area contributed by atoms with Crippen molar-refractivity contribution in [1.29, 1.82) is 0 Å². The maximum Gasteiger partial charge on any atom is 0.319 e. The number of aliphatic carboxylic acids is 1. The van der Waals surface area contributed by atoms with Gasteiger partial charge < -0.3 is 15.2 Å². The molecule has 2 N–H and O–H groups in total. The number of carbonyl (C=O) groups excluding carboxylic acids is 1. The van der Waals surface area contributed by atoms with Crippen molar-refractivity contribution in [2.75, 3.05) is 12.4 Å². The van der Waals surface area contributed by atoms with E-state index in [1.807, 2.05) is 13.0 Å². The summed E-state index contributed by atoms with van der Waals surface area (Å²) in [4.78, 5) is 23.5. The van der Waals surface area contributed by atoms with Gasteiger partial charge in [0.25, 0.3) is 0 Å². The number of benzene rings is 1. The number of ether oxygens (including phenoxy) is 1. The summed E-state index contributed by atoms with van der Waals surface area (Å²) < 4.78 is 5.16. The van der Waals surface area contributed by atoms with Crippen LogP contribution in [-0.2, 0) is 9.59 Å². The molecule has 1 aliphatic rings. The van der Waals surface area contributed by atoms with Gasteiger partial charge in [0.15, 0.2) is 0 Å². The first kappa shape index (κ1) is 13.4. The summed E-state index contributed by atoms with van der Waals surface area (Å²) in [5, 5.41) is 11.9. The lowest BCUT2D eigenvalue weighted by Crippen LogP contribution is -2.48. The third-order valence-electron chi connectivity index (χ3n) is 3.65. The Morgan fingerprint density at radius 1 is 1.37 bits per heavy atom. The predicted molar refractivity (Wildman–Crippen MR) is 70.3 cm³/mol. The van der Waals surface area contributed by atoms with Crippen LogP contribution in [0.25, 0.3) is 0 Å². The van der Waals surface area contributed by atoms with E-state index in [0.717, 1.165) is 12.0 Å². The number of anilines is 1. The van der Waals surface area contributed by atoms with E-state index in [9.17, 15) is 14.7 Å². The van der Waals surface area contributed by atoms with Crippen LogP contribution in [0, 0.1) is 12.3 Å². The lowest BCUT2D eigenvalue weighted by atomic mass is 9.68. The minimum atomic E-state index is -1.27. The first-order chi connectivity index (χ1) is 8.99. The zero-order valence-electron chi connectivity index (χ0n) is 11.0. The van der Waals surface area contributed by atoms with Crippen LogP contribution >= 0.6 is 0 Å². The highest BCUT2D eigenvalue weighted by molar-refractivity contribution is 6.09. The molecule has 1 fully saturated rings. The second-order valence-corrected chi connectivity index (χ2v) is 4.90. The zero-order valence-corrected chi connectivity index (χ0v) is 11.0. The van der Waals surface area contributed by atoms with Crippen LogP contribution in [0.5, 0.6) is 5.75 Å². The standard InChI is InChI=1S/C14H17NO4/c1-9-4-5-11(19-2)10(8-9)15-12(16)14(13(17)18)6-3-7-14/h4-5,8H,3,6-7H2,1-2H3,(H,15,16)(H,17,18). The van der Waals surface area contributed by atoms with E-state index in [4.69, 9.17) is 4.74 Å². The minimum Gasteiger partial charge on any atom is -0.495 e. The third kappa shape index (κ3) is 2.28. The number of hydrogen-bond acceptors (Lipinski definition) is 3. The highest BCUT2D eigenvalue weighted by Gasteiger charge is 2.51. The fourth-order valence-corrected chi connectivity index (χ4v) is 2.23. The van der Waals surface area contributed by atoms with Gasteiger partial charge in [-0.15, -0.1) is 0 Å². The average Bonchev–Trinajstić information content (AvgIpc) is 2.27. The molecule has 0 atom stereocenters. The smallest absolute Gasteiger partial charge is 0.319 e. The zero-order chi connectivity index (χ0) is 14.0. The van der Waals surface area contributed by atoms with E-state index in [-0.39, 0.29) is 0 Å². The summed E-state index contributed by atoms with van der Waals surface area (Å²) in [6, 6.07) is 5.38. The largest absolute Gasteiger partial charge is 0.495 e. The summed E-state index contributed by atoms with van der Waals surface area (Å²) in [6.07, 6.45) is 1.55. The van der Waals surface area contributed by atoms with Gasteiger partial charge in [-0.3, -0.25) is 9.59 Å². The van der Waals surface area contributed by atoms with Gasteiger partial charge in [0.1, 0.15) is 11.2 Å². The van der Waals surface area contributed by atoms with Crippen molar-refractivity contribution in [2.24, 2.45) is 5.41 Å². The van der Waals surface area contributed by atoms with Crippen molar-refractivity contribution in [3.8, 4) is 5.75 Å². The van der Waals surface area contributed by atoms with Crippen molar-refractivity contribution in [3.63, 3.8) is 0 Å². The molecular weight excluding hydrogens is 246 g/mol. The summed E-state index contributed by atoms with van der Waals surface area (Å²) in [5.41, 5.74) is 0.212. The molecule has 0 saturated heterocycles. The first-order valence-corrected chi connectivity index (χ1v) is 6.19. The second kappa shape index (κ2) is 4.91. The van der Waals surface area contributed by atoms with E-state index >= 15 is 0 Å². The topological polar surface area (TPSA) is 75.6 Å².